The van der Waals surface area contributed by atoms with E-state index < -0.39 is 0 Å². The number of benzene rings is 1. The molecule has 0 saturated carbocycles. The zero-order valence-electron chi connectivity index (χ0n) is 8.22. The van der Waals surface area contributed by atoms with E-state index in [9.17, 15) is 4.39 Å². The van der Waals surface area contributed by atoms with E-state index in [-0.39, 0.29) is 11.9 Å². The zero-order chi connectivity index (χ0) is 10.1. The van der Waals surface area contributed by atoms with Gasteiger partial charge in [0, 0.05) is 17.2 Å². The first-order valence-electron chi connectivity index (χ1n) is 4.90. The van der Waals surface area contributed by atoms with E-state index in [1.165, 1.54) is 6.07 Å². The standard InChI is InChI=1S/C11H14FNO/c1-7(13)8-4-5-10(12)9-3-2-6-14-11(8)9/h4-5,7H,2-3,6,13H2,1H3/t7-/m1/s1. The lowest BCUT2D eigenvalue weighted by Crippen LogP contribution is -2.15. The van der Waals surface area contributed by atoms with Gasteiger partial charge in [0.15, 0.2) is 0 Å². The molecule has 0 fully saturated rings. The van der Waals surface area contributed by atoms with Gasteiger partial charge in [-0.1, -0.05) is 6.07 Å². The van der Waals surface area contributed by atoms with Crippen molar-refractivity contribution in [3.8, 4) is 5.75 Å². The normalized spacial score (nSPS) is 17.1. The average molecular weight is 195 g/mol. The van der Waals surface area contributed by atoms with Gasteiger partial charge in [-0.15, -0.1) is 0 Å². The Morgan fingerprint density at radius 3 is 3.00 bits per heavy atom. The summed E-state index contributed by atoms with van der Waals surface area (Å²) in [5, 5.41) is 0. The van der Waals surface area contributed by atoms with Crippen LogP contribution in [0, 0.1) is 5.82 Å². The van der Waals surface area contributed by atoms with Crippen LogP contribution >= 0.6 is 0 Å². The second kappa shape index (κ2) is 3.58. The summed E-state index contributed by atoms with van der Waals surface area (Å²) >= 11 is 0. The van der Waals surface area contributed by atoms with Crippen LogP contribution in [0.25, 0.3) is 0 Å². The number of ether oxygens (including phenoxy) is 1. The van der Waals surface area contributed by atoms with Crippen molar-refractivity contribution in [1.29, 1.82) is 0 Å². The largest absolute Gasteiger partial charge is 0.493 e. The molecule has 1 aliphatic rings. The average Bonchev–Trinajstić information content (AvgIpc) is 2.18. The summed E-state index contributed by atoms with van der Waals surface area (Å²) in [6.07, 6.45) is 1.63. The molecule has 2 N–H and O–H groups in total. The first kappa shape index (κ1) is 9.46. The minimum atomic E-state index is -0.177. The molecule has 76 valence electrons. The summed E-state index contributed by atoms with van der Waals surface area (Å²) in [5.74, 6) is 0.496. The molecule has 0 spiro atoms. The third kappa shape index (κ3) is 1.48. The molecular formula is C11H14FNO. The van der Waals surface area contributed by atoms with Crippen LogP contribution < -0.4 is 10.5 Å². The molecule has 1 aromatic rings. The maximum Gasteiger partial charge on any atom is 0.130 e. The lowest BCUT2D eigenvalue weighted by atomic mass is 9.98. The highest BCUT2D eigenvalue weighted by molar-refractivity contribution is 5.45. The molecule has 0 bridgehead atoms. The predicted molar refractivity (Wildman–Crippen MR) is 52.8 cm³/mol. The topological polar surface area (TPSA) is 35.2 Å². The number of fused-ring (bicyclic) bond motifs is 1. The van der Waals surface area contributed by atoms with E-state index >= 15 is 0 Å². The Balaban J connectivity index is 2.53. The number of hydrogen-bond donors (Lipinski definition) is 1. The Kier molecular flexibility index (Phi) is 2.42. The molecule has 1 heterocycles. The quantitative estimate of drug-likeness (QED) is 0.745. The van der Waals surface area contributed by atoms with Crippen LogP contribution in [0.15, 0.2) is 12.1 Å². The van der Waals surface area contributed by atoms with Crippen LogP contribution in [-0.4, -0.2) is 6.61 Å². The van der Waals surface area contributed by atoms with E-state index in [0.717, 1.165) is 18.4 Å². The number of hydrogen-bond acceptors (Lipinski definition) is 2. The first-order valence-corrected chi connectivity index (χ1v) is 4.90. The summed E-state index contributed by atoms with van der Waals surface area (Å²) in [4.78, 5) is 0. The molecule has 0 radical (unpaired) electrons. The zero-order valence-corrected chi connectivity index (χ0v) is 8.22. The molecule has 1 aliphatic heterocycles. The lowest BCUT2D eigenvalue weighted by Gasteiger charge is -2.22. The van der Waals surface area contributed by atoms with E-state index in [1.54, 1.807) is 6.07 Å². The third-order valence-corrected chi connectivity index (χ3v) is 2.54. The van der Waals surface area contributed by atoms with Crippen molar-refractivity contribution in [2.45, 2.75) is 25.8 Å². The van der Waals surface area contributed by atoms with E-state index in [0.29, 0.717) is 17.9 Å². The Labute approximate surface area is 82.9 Å². The van der Waals surface area contributed by atoms with Gasteiger partial charge in [0.05, 0.1) is 6.61 Å². The van der Waals surface area contributed by atoms with Gasteiger partial charge in [0.25, 0.3) is 0 Å². The fraction of sp³-hybridized carbons (Fsp3) is 0.455. The second-order valence-corrected chi connectivity index (χ2v) is 3.68. The Bertz CT molecular complexity index is 349. The molecule has 0 saturated heterocycles. The van der Waals surface area contributed by atoms with E-state index in [2.05, 4.69) is 0 Å². The SMILES string of the molecule is C[C@@H](N)c1ccc(F)c2c1OCCC2. The maximum absolute atomic E-state index is 13.4. The molecule has 2 rings (SSSR count). The van der Waals surface area contributed by atoms with E-state index in [4.69, 9.17) is 10.5 Å². The highest BCUT2D eigenvalue weighted by atomic mass is 19.1. The van der Waals surface area contributed by atoms with Crippen molar-refractivity contribution in [1.82, 2.24) is 0 Å². The fourth-order valence-electron chi connectivity index (χ4n) is 1.81. The van der Waals surface area contributed by atoms with Crippen molar-refractivity contribution >= 4 is 0 Å². The molecule has 2 nitrogen and oxygen atoms in total. The van der Waals surface area contributed by atoms with Crippen molar-refractivity contribution < 1.29 is 9.13 Å². The van der Waals surface area contributed by atoms with Crippen LogP contribution in [0.5, 0.6) is 5.75 Å². The number of nitrogens with two attached hydrogens (primary N) is 1. The van der Waals surface area contributed by atoms with Crippen LogP contribution in [0.1, 0.15) is 30.5 Å². The minimum Gasteiger partial charge on any atom is -0.493 e. The highest BCUT2D eigenvalue weighted by Crippen LogP contribution is 2.33. The van der Waals surface area contributed by atoms with Crippen molar-refractivity contribution in [3.05, 3.63) is 29.1 Å². The molecule has 0 aliphatic carbocycles. The Morgan fingerprint density at radius 1 is 1.50 bits per heavy atom. The third-order valence-electron chi connectivity index (χ3n) is 2.54. The van der Waals surface area contributed by atoms with Crippen LogP contribution in [0.3, 0.4) is 0 Å². The van der Waals surface area contributed by atoms with Gasteiger partial charge in [-0.3, -0.25) is 0 Å². The van der Waals surface area contributed by atoms with Crippen LogP contribution in [0.2, 0.25) is 0 Å². The fourth-order valence-corrected chi connectivity index (χ4v) is 1.81. The predicted octanol–water partition coefficient (Wildman–Crippen LogP) is 2.17. The van der Waals surface area contributed by atoms with Crippen molar-refractivity contribution in [3.63, 3.8) is 0 Å². The first-order chi connectivity index (χ1) is 6.70. The summed E-state index contributed by atoms with van der Waals surface area (Å²) in [5.41, 5.74) is 7.38. The monoisotopic (exact) mass is 195 g/mol. The van der Waals surface area contributed by atoms with Gasteiger partial charge in [-0.2, -0.15) is 0 Å². The van der Waals surface area contributed by atoms with Gasteiger partial charge >= 0.3 is 0 Å². The Hall–Kier alpha value is -1.09. The van der Waals surface area contributed by atoms with Gasteiger partial charge in [0.1, 0.15) is 11.6 Å². The molecule has 0 aromatic heterocycles. The van der Waals surface area contributed by atoms with Gasteiger partial charge in [0.2, 0.25) is 0 Å². The molecule has 3 heteroatoms. The molecular weight excluding hydrogens is 181 g/mol. The van der Waals surface area contributed by atoms with Crippen molar-refractivity contribution in [2.24, 2.45) is 5.73 Å². The molecule has 0 unspecified atom stereocenters. The van der Waals surface area contributed by atoms with Gasteiger partial charge in [-0.25, -0.2) is 4.39 Å². The smallest absolute Gasteiger partial charge is 0.130 e. The van der Waals surface area contributed by atoms with Gasteiger partial charge < -0.3 is 10.5 Å². The summed E-state index contributed by atoms with van der Waals surface area (Å²) in [7, 11) is 0. The molecule has 1 aromatic carbocycles. The molecule has 14 heavy (non-hydrogen) atoms. The summed E-state index contributed by atoms with van der Waals surface area (Å²) < 4.78 is 18.9. The summed E-state index contributed by atoms with van der Waals surface area (Å²) in [6, 6.07) is 3.08. The Morgan fingerprint density at radius 2 is 2.29 bits per heavy atom. The maximum atomic E-state index is 13.4. The van der Waals surface area contributed by atoms with Crippen LogP contribution in [0.4, 0.5) is 4.39 Å². The summed E-state index contributed by atoms with van der Waals surface area (Å²) in [6.45, 7) is 2.54. The van der Waals surface area contributed by atoms with Crippen molar-refractivity contribution in [2.75, 3.05) is 6.61 Å². The number of rotatable bonds is 1. The minimum absolute atomic E-state index is 0.109. The van der Waals surface area contributed by atoms with E-state index in [1.807, 2.05) is 6.92 Å². The molecule has 0 amide bonds. The second-order valence-electron chi connectivity index (χ2n) is 3.68. The highest BCUT2D eigenvalue weighted by Gasteiger charge is 2.19. The van der Waals surface area contributed by atoms with Crippen LogP contribution in [-0.2, 0) is 6.42 Å². The number of halogens is 1. The molecule has 1 atom stereocenters. The van der Waals surface area contributed by atoms with Gasteiger partial charge in [-0.05, 0) is 25.8 Å². The lowest BCUT2D eigenvalue weighted by molar-refractivity contribution is 0.279.